The molecule has 0 saturated carbocycles. The summed E-state index contributed by atoms with van der Waals surface area (Å²) in [5.41, 5.74) is 0.731. The van der Waals surface area contributed by atoms with E-state index in [1.54, 1.807) is 24.3 Å². The van der Waals surface area contributed by atoms with E-state index in [1.807, 2.05) is 13.8 Å². The number of carbonyl (C=O) groups is 2. The van der Waals surface area contributed by atoms with E-state index in [0.717, 1.165) is 5.56 Å². The average molecular weight is 679 g/mol. The quantitative estimate of drug-likeness (QED) is 0.222. The molecular formula is C32H42N2O12S. The molecule has 15 heteroatoms. The van der Waals surface area contributed by atoms with E-state index in [-0.39, 0.29) is 62.7 Å². The number of hydrogen-bond donors (Lipinski definition) is 3. The number of nitrogens with zero attached hydrogens (tertiary/aromatic N) is 1. The van der Waals surface area contributed by atoms with E-state index in [9.17, 15) is 23.1 Å². The smallest absolute Gasteiger partial charge is 0.407 e. The molecule has 1 amide bonds. The van der Waals surface area contributed by atoms with Gasteiger partial charge >= 0.3 is 12.1 Å². The molecule has 0 aliphatic carbocycles. The molecule has 5 atom stereocenters. The molecule has 0 aromatic heterocycles. The summed E-state index contributed by atoms with van der Waals surface area (Å²) < 4.78 is 62.1. The summed E-state index contributed by atoms with van der Waals surface area (Å²) in [5, 5.41) is 23.2. The van der Waals surface area contributed by atoms with Gasteiger partial charge in [0.2, 0.25) is 16.8 Å². The molecule has 14 nitrogen and oxygen atoms in total. The van der Waals surface area contributed by atoms with Gasteiger partial charge in [-0.25, -0.2) is 13.2 Å². The van der Waals surface area contributed by atoms with Crippen LogP contribution in [0.15, 0.2) is 47.4 Å². The Balaban J connectivity index is 1.31. The number of rotatable bonds is 16. The lowest BCUT2D eigenvalue weighted by molar-refractivity contribution is -0.137. The zero-order valence-electron chi connectivity index (χ0n) is 26.4. The highest BCUT2D eigenvalue weighted by atomic mass is 32.2. The highest BCUT2D eigenvalue weighted by Crippen LogP contribution is 2.35. The number of fused-ring (bicyclic) bond motifs is 2. The molecule has 3 aliphatic heterocycles. The van der Waals surface area contributed by atoms with Crippen LogP contribution in [0.1, 0.15) is 38.7 Å². The summed E-state index contributed by atoms with van der Waals surface area (Å²) >= 11 is 0. The predicted octanol–water partition coefficient (Wildman–Crippen LogP) is 2.77. The fourth-order valence-electron chi connectivity index (χ4n) is 5.74. The molecule has 258 valence electrons. The summed E-state index contributed by atoms with van der Waals surface area (Å²) in [6, 6.07) is 10.4. The molecule has 3 heterocycles. The topological polar surface area (TPSA) is 179 Å². The van der Waals surface area contributed by atoms with Gasteiger partial charge in [0.15, 0.2) is 17.8 Å². The Morgan fingerprint density at radius 3 is 2.57 bits per heavy atom. The molecule has 2 fully saturated rings. The van der Waals surface area contributed by atoms with Crippen molar-refractivity contribution in [1.82, 2.24) is 9.62 Å². The normalized spacial score (nSPS) is 21.4. The minimum Gasteiger partial charge on any atom is -0.494 e. The van der Waals surface area contributed by atoms with Crippen LogP contribution in [-0.2, 0) is 35.4 Å². The third kappa shape index (κ3) is 9.05. The Labute approximate surface area is 273 Å². The van der Waals surface area contributed by atoms with Gasteiger partial charge in [0, 0.05) is 25.6 Å². The second kappa shape index (κ2) is 15.5. The van der Waals surface area contributed by atoms with E-state index in [4.69, 9.17) is 33.5 Å². The van der Waals surface area contributed by atoms with Gasteiger partial charge in [-0.1, -0.05) is 26.0 Å². The van der Waals surface area contributed by atoms with Crippen LogP contribution >= 0.6 is 0 Å². The fraction of sp³-hybridized carbons (Fsp3) is 0.562. The van der Waals surface area contributed by atoms with Crippen LogP contribution in [0.25, 0.3) is 0 Å². The lowest BCUT2D eigenvalue weighted by Gasteiger charge is -2.31. The standard InChI is InChI=1S/C32H42N2O12S/c1-20(2)16-34(47(39,40)23-9-10-27-28(15-23)45-19-44-27)17-26(35)25(33-32(38)46-29-18-43-31-24(29)11-13-42-31)14-21-5-7-22(8-6-21)41-12-3-4-30(36)37/h5-10,15,20,24-26,29,31,35H,3-4,11-14,16-19H2,1-2H3,(H,33,38)(H,36,37)/t24?,25-,26+,29-,31+/m0/s1. The van der Waals surface area contributed by atoms with E-state index in [2.05, 4.69) is 5.32 Å². The fourth-order valence-corrected chi connectivity index (χ4v) is 7.38. The molecule has 0 spiro atoms. The van der Waals surface area contributed by atoms with Gasteiger partial charge in [-0.15, -0.1) is 0 Å². The number of carboxylic acid groups (broad SMARTS) is 1. The van der Waals surface area contributed by atoms with Gasteiger partial charge in [0.1, 0.15) is 11.9 Å². The van der Waals surface area contributed by atoms with Gasteiger partial charge in [0.25, 0.3) is 0 Å². The number of sulfonamides is 1. The van der Waals surface area contributed by atoms with Crippen LogP contribution in [0.2, 0.25) is 0 Å². The van der Waals surface area contributed by atoms with E-state index in [1.165, 1.54) is 22.5 Å². The SMILES string of the molecule is CC(C)CN(C[C@@H](O)[C@H](Cc1ccc(OCCCC(=O)O)cc1)NC(=O)O[C@H]1CO[C@H]2OCCC21)S(=O)(=O)c1ccc2c(c1)OCO2. The van der Waals surface area contributed by atoms with Crippen molar-refractivity contribution in [2.75, 3.05) is 39.7 Å². The highest BCUT2D eigenvalue weighted by molar-refractivity contribution is 7.89. The monoisotopic (exact) mass is 678 g/mol. The number of benzene rings is 2. The minimum absolute atomic E-state index is 0.000950. The lowest BCUT2D eigenvalue weighted by atomic mass is 10.0. The van der Waals surface area contributed by atoms with Gasteiger partial charge < -0.3 is 44.0 Å². The number of amides is 1. The zero-order valence-corrected chi connectivity index (χ0v) is 27.2. The molecule has 0 bridgehead atoms. The number of aliphatic carboxylic acids is 1. The average Bonchev–Trinajstić information content (AvgIpc) is 3.78. The number of hydrogen-bond acceptors (Lipinski definition) is 11. The Morgan fingerprint density at radius 1 is 1.06 bits per heavy atom. The maximum atomic E-state index is 13.9. The first-order valence-corrected chi connectivity index (χ1v) is 17.2. The van der Waals surface area contributed by atoms with Crippen molar-refractivity contribution in [3.63, 3.8) is 0 Å². The molecule has 3 aliphatic rings. The van der Waals surface area contributed by atoms with E-state index < -0.39 is 46.6 Å². The highest BCUT2D eigenvalue weighted by Gasteiger charge is 2.44. The first-order chi connectivity index (χ1) is 22.5. The predicted molar refractivity (Wildman–Crippen MR) is 166 cm³/mol. The van der Waals surface area contributed by atoms with Crippen LogP contribution in [0.5, 0.6) is 17.2 Å². The van der Waals surface area contributed by atoms with Crippen LogP contribution < -0.4 is 19.5 Å². The van der Waals surface area contributed by atoms with E-state index >= 15 is 0 Å². The van der Waals surface area contributed by atoms with Gasteiger partial charge in [-0.2, -0.15) is 4.31 Å². The molecule has 0 radical (unpaired) electrons. The van der Waals surface area contributed by atoms with Gasteiger partial charge in [-0.3, -0.25) is 4.79 Å². The Hall–Kier alpha value is -3.63. The molecule has 2 saturated heterocycles. The maximum absolute atomic E-state index is 13.9. The van der Waals surface area contributed by atoms with Crippen LogP contribution in [-0.4, -0.2) is 99.2 Å². The Bertz CT molecular complexity index is 1490. The number of alkyl carbamates (subject to hydrolysis) is 1. The minimum atomic E-state index is -4.09. The molecule has 2 aromatic carbocycles. The third-order valence-corrected chi connectivity index (χ3v) is 9.96. The summed E-state index contributed by atoms with van der Waals surface area (Å²) in [6.07, 6.45) is -1.82. The number of aliphatic hydroxyl groups is 1. The van der Waals surface area contributed by atoms with Gasteiger partial charge in [-0.05, 0) is 55.0 Å². The first-order valence-electron chi connectivity index (χ1n) is 15.7. The van der Waals surface area contributed by atoms with Crippen molar-refractivity contribution in [3.8, 4) is 17.2 Å². The summed E-state index contributed by atoms with van der Waals surface area (Å²) in [6.45, 7) is 4.49. The number of aliphatic hydroxyl groups excluding tert-OH is 1. The largest absolute Gasteiger partial charge is 0.494 e. The van der Waals surface area contributed by atoms with Crippen LogP contribution in [0.4, 0.5) is 4.79 Å². The first kappa shape index (κ1) is 34.7. The summed E-state index contributed by atoms with van der Waals surface area (Å²) in [5.74, 6) is 0.249. The molecule has 1 unspecified atom stereocenters. The van der Waals surface area contributed by atoms with Crippen LogP contribution in [0.3, 0.4) is 0 Å². The summed E-state index contributed by atoms with van der Waals surface area (Å²) in [7, 11) is -4.09. The molecule has 5 rings (SSSR count). The molecule has 47 heavy (non-hydrogen) atoms. The van der Waals surface area contributed by atoms with Crippen molar-refractivity contribution >= 4 is 22.1 Å². The number of ether oxygens (including phenoxy) is 6. The van der Waals surface area contributed by atoms with Crippen molar-refractivity contribution in [2.45, 2.75) is 69.0 Å². The van der Waals surface area contributed by atoms with Crippen molar-refractivity contribution < 1.29 is 56.6 Å². The zero-order chi connectivity index (χ0) is 33.6. The Morgan fingerprint density at radius 2 is 1.83 bits per heavy atom. The van der Waals surface area contributed by atoms with E-state index in [0.29, 0.717) is 36.7 Å². The second-order valence-corrected chi connectivity index (χ2v) is 14.1. The maximum Gasteiger partial charge on any atom is 0.407 e. The van der Waals surface area contributed by atoms with Crippen molar-refractivity contribution in [3.05, 3.63) is 48.0 Å². The number of nitrogens with one attached hydrogen (secondary N) is 1. The number of carboxylic acids is 1. The summed E-state index contributed by atoms with van der Waals surface area (Å²) in [4.78, 5) is 23.9. The second-order valence-electron chi connectivity index (χ2n) is 12.2. The van der Waals surface area contributed by atoms with Gasteiger partial charge in [0.05, 0.1) is 42.8 Å². The molecule has 2 aromatic rings. The third-order valence-electron chi connectivity index (χ3n) is 8.14. The Kier molecular flexibility index (Phi) is 11.5. The van der Waals surface area contributed by atoms with Crippen LogP contribution in [0, 0.1) is 11.8 Å². The molecular weight excluding hydrogens is 636 g/mol. The molecule has 3 N–H and O–H groups in total. The lowest BCUT2D eigenvalue weighted by Crippen LogP contribution is -2.51. The van der Waals surface area contributed by atoms with Crippen molar-refractivity contribution in [2.24, 2.45) is 11.8 Å². The number of carbonyl (C=O) groups excluding carboxylic acids is 1. The van der Waals surface area contributed by atoms with Crippen molar-refractivity contribution in [1.29, 1.82) is 0 Å².